The molecule has 2 saturated carbocycles. The summed E-state index contributed by atoms with van der Waals surface area (Å²) in [5.41, 5.74) is 2.02. The molecule has 1 unspecified atom stereocenters. The fraction of sp³-hybridized carbons (Fsp3) is 0.647. The summed E-state index contributed by atoms with van der Waals surface area (Å²) in [7, 11) is 0. The minimum absolute atomic E-state index is 0.495. The first-order chi connectivity index (χ1) is 17.5. The zero-order chi connectivity index (χ0) is 25.3. The van der Waals surface area contributed by atoms with Crippen LogP contribution < -0.4 is 0 Å². The molecule has 0 saturated heterocycles. The lowest BCUT2D eigenvalue weighted by Crippen LogP contribution is -2.23. The third-order valence-electron chi connectivity index (χ3n) is 9.54. The van der Waals surface area contributed by atoms with Crippen LogP contribution in [0.15, 0.2) is 42.5 Å². The Kier molecular flexibility index (Phi) is 10.4. The van der Waals surface area contributed by atoms with Crippen molar-refractivity contribution in [1.82, 2.24) is 0 Å². The summed E-state index contributed by atoms with van der Waals surface area (Å²) >= 11 is 0. The van der Waals surface area contributed by atoms with Crippen LogP contribution in [0.2, 0.25) is 0 Å². The molecule has 1 atom stereocenters. The van der Waals surface area contributed by atoms with Crippen LogP contribution >= 0.6 is 0 Å². The van der Waals surface area contributed by atoms with Crippen molar-refractivity contribution in [1.29, 1.82) is 0 Å². The summed E-state index contributed by atoms with van der Waals surface area (Å²) in [6.07, 6.45) is 28.7. The van der Waals surface area contributed by atoms with Gasteiger partial charge < -0.3 is 0 Å². The van der Waals surface area contributed by atoms with Crippen LogP contribution in [0.5, 0.6) is 0 Å². The van der Waals surface area contributed by atoms with E-state index in [1.165, 1.54) is 64.2 Å². The van der Waals surface area contributed by atoms with Crippen molar-refractivity contribution in [2.45, 2.75) is 110 Å². The average molecular weight is 495 g/mol. The predicted octanol–water partition coefficient (Wildman–Crippen LogP) is 10.6. The molecule has 0 aliphatic heterocycles. The topological polar surface area (TPSA) is 0 Å². The minimum Gasteiger partial charge on any atom is -0.203 e. The van der Waals surface area contributed by atoms with Crippen LogP contribution in [0.25, 0.3) is 5.57 Å². The van der Waals surface area contributed by atoms with Gasteiger partial charge in [-0.1, -0.05) is 75.1 Å². The molecule has 0 N–H and O–H groups in total. The molecular formula is C34H48F2. The highest BCUT2D eigenvalue weighted by Gasteiger charge is 2.29. The minimum atomic E-state index is -0.635. The number of allylic oxidation sites excluding steroid dienone is 6. The van der Waals surface area contributed by atoms with Crippen molar-refractivity contribution in [2.24, 2.45) is 29.6 Å². The van der Waals surface area contributed by atoms with Crippen LogP contribution in [-0.4, -0.2) is 0 Å². The van der Waals surface area contributed by atoms with Gasteiger partial charge in [-0.2, -0.15) is 0 Å². The largest absolute Gasteiger partial charge is 0.203 e. The second-order valence-corrected chi connectivity index (χ2v) is 12.1. The Morgan fingerprint density at radius 1 is 0.833 bits per heavy atom. The standard InChI is InChI=1S/C34H48F2/c1-3-4-5-8-27-15-17-28(18-16-27)29-19-21-30(22-20-29)32-24-23-31(33(35)34(32)36)10-7-6-9-26-13-11-25(2)12-14-26/h3-4,6,9,21,23-29H,5,7-8,10-20,22H2,1-2H3/b4-3+,9-6+. The van der Waals surface area contributed by atoms with E-state index < -0.39 is 11.6 Å². The lowest BCUT2D eigenvalue weighted by molar-refractivity contribution is 0.190. The molecule has 3 aliphatic rings. The average Bonchev–Trinajstić information content (AvgIpc) is 2.91. The van der Waals surface area contributed by atoms with Crippen molar-refractivity contribution in [3.63, 3.8) is 0 Å². The molecule has 0 aromatic heterocycles. The molecule has 0 amide bonds. The number of hydrogen-bond acceptors (Lipinski definition) is 0. The Morgan fingerprint density at radius 2 is 1.61 bits per heavy atom. The Morgan fingerprint density at radius 3 is 2.31 bits per heavy atom. The van der Waals surface area contributed by atoms with Gasteiger partial charge in [0.1, 0.15) is 0 Å². The van der Waals surface area contributed by atoms with E-state index in [-0.39, 0.29) is 0 Å². The molecule has 2 fully saturated rings. The molecule has 36 heavy (non-hydrogen) atoms. The summed E-state index contributed by atoms with van der Waals surface area (Å²) in [6.45, 7) is 4.44. The van der Waals surface area contributed by atoms with Crippen molar-refractivity contribution >= 4 is 5.57 Å². The van der Waals surface area contributed by atoms with E-state index in [4.69, 9.17) is 0 Å². The normalized spacial score (nSPS) is 29.7. The van der Waals surface area contributed by atoms with Gasteiger partial charge in [-0.3, -0.25) is 0 Å². The van der Waals surface area contributed by atoms with E-state index in [1.807, 2.05) is 12.1 Å². The summed E-state index contributed by atoms with van der Waals surface area (Å²) in [5.74, 6) is 2.69. The maximum atomic E-state index is 15.1. The first kappa shape index (κ1) is 27.3. The lowest BCUT2D eigenvalue weighted by atomic mass is 9.70. The predicted molar refractivity (Wildman–Crippen MR) is 150 cm³/mol. The molecule has 1 aromatic carbocycles. The second-order valence-electron chi connectivity index (χ2n) is 12.1. The summed E-state index contributed by atoms with van der Waals surface area (Å²) in [6, 6.07) is 3.66. The van der Waals surface area contributed by atoms with Crippen molar-refractivity contribution in [3.05, 3.63) is 65.3 Å². The van der Waals surface area contributed by atoms with E-state index in [2.05, 4.69) is 44.2 Å². The number of benzene rings is 1. The van der Waals surface area contributed by atoms with Gasteiger partial charge in [0.05, 0.1) is 0 Å². The molecular weight excluding hydrogens is 446 g/mol. The quantitative estimate of drug-likeness (QED) is 0.299. The highest BCUT2D eigenvalue weighted by Crippen LogP contribution is 2.42. The number of halogens is 2. The Balaban J connectivity index is 1.26. The van der Waals surface area contributed by atoms with Gasteiger partial charge >= 0.3 is 0 Å². The fourth-order valence-electron chi connectivity index (χ4n) is 7.01. The molecule has 1 aromatic rings. The Bertz CT molecular complexity index is 907. The third-order valence-corrected chi connectivity index (χ3v) is 9.54. The molecule has 0 spiro atoms. The summed E-state index contributed by atoms with van der Waals surface area (Å²) in [4.78, 5) is 0. The zero-order valence-corrected chi connectivity index (χ0v) is 22.8. The highest BCUT2D eigenvalue weighted by atomic mass is 19.2. The Hall–Kier alpha value is -1.70. The van der Waals surface area contributed by atoms with E-state index in [0.29, 0.717) is 23.5 Å². The van der Waals surface area contributed by atoms with Crippen molar-refractivity contribution in [2.75, 3.05) is 0 Å². The molecule has 0 radical (unpaired) electrons. The third kappa shape index (κ3) is 7.42. The molecule has 3 aliphatic carbocycles. The first-order valence-electron chi connectivity index (χ1n) is 15.0. The number of rotatable bonds is 9. The summed E-state index contributed by atoms with van der Waals surface area (Å²) in [5, 5.41) is 0. The van der Waals surface area contributed by atoms with Gasteiger partial charge in [0.15, 0.2) is 11.6 Å². The molecule has 0 bridgehead atoms. The van der Waals surface area contributed by atoms with Crippen molar-refractivity contribution < 1.29 is 8.78 Å². The van der Waals surface area contributed by atoms with E-state index in [1.54, 1.807) is 0 Å². The van der Waals surface area contributed by atoms with Gasteiger partial charge in [-0.05, 0) is 118 Å². The molecule has 198 valence electrons. The van der Waals surface area contributed by atoms with Gasteiger partial charge in [0, 0.05) is 5.56 Å². The maximum Gasteiger partial charge on any atom is 0.166 e. The number of hydrogen-bond donors (Lipinski definition) is 0. The molecule has 0 heterocycles. The highest BCUT2D eigenvalue weighted by molar-refractivity contribution is 5.67. The maximum absolute atomic E-state index is 15.1. The Labute approximate surface area is 219 Å². The first-order valence-corrected chi connectivity index (χ1v) is 15.0. The van der Waals surface area contributed by atoms with E-state index in [0.717, 1.165) is 54.9 Å². The van der Waals surface area contributed by atoms with Crippen LogP contribution in [0.4, 0.5) is 8.78 Å². The van der Waals surface area contributed by atoms with E-state index in [9.17, 15) is 4.39 Å². The molecule has 0 nitrogen and oxygen atoms in total. The zero-order valence-electron chi connectivity index (χ0n) is 22.8. The van der Waals surface area contributed by atoms with Crippen LogP contribution in [-0.2, 0) is 6.42 Å². The smallest absolute Gasteiger partial charge is 0.166 e. The van der Waals surface area contributed by atoms with Crippen LogP contribution in [0, 0.1) is 41.2 Å². The van der Waals surface area contributed by atoms with Gasteiger partial charge in [0.25, 0.3) is 0 Å². The van der Waals surface area contributed by atoms with Gasteiger partial charge in [0.2, 0.25) is 0 Å². The van der Waals surface area contributed by atoms with Gasteiger partial charge in [-0.15, -0.1) is 0 Å². The monoisotopic (exact) mass is 494 g/mol. The molecule has 2 heteroatoms. The summed E-state index contributed by atoms with van der Waals surface area (Å²) < 4.78 is 30.0. The van der Waals surface area contributed by atoms with Crippen molar-refractivity contribution in [3.8, 4) is 0 Å². The van der Waals surface area contributed by atoms with Crippen LogP contribution in [0.1, 0.15) is 115 Å². The van der Waals surface area contributed by atoms with Crippen LogP contribution in [0.3, 0.4) is 0 Å². The molecule has 4 rings (SSSR count). The fourth-order valence-corrected chi connectivity index (χ4v) is 7.01. The SMILES string of the molecule is C/C=C/CCC1CCC(C2CC=C(c3ccc(CC/C=C/C4CCC(C)CC4)c(F)c3F)CC2)CC1. The van der Waals surface area contributed by atoms with Gasteiger partial charge in [-0.25, -0.2) is 8.78 Å². The second kappa shape index (κ2) is 13.7. The lowest BCUT2D eigenvalue weighted by Gasteiger charge is -2.35. The number of aryl methyl sites for hydroxylation is 1. The van der Waals surface area contributed by atoms with E-state index >= 15 is 4.39 Å².